The minimum atomic E-state index is -3.79. The molecule has 32 heavy (non-hydrogen) atoms. The molecule has 1 aromatic heterocycles. The Bertz CT molecular complexity index is 1210. The van der Waals surface area contributed by atoms with Gasteiger partial charge in [-0.3, -0.25) is 0 Å². The third-order valence-corrected chi connectivity index (χ3v) is 7.55. The molecule has 0 aliphatic rings. The number of rotatable bonds is 8. The van der Waals surface area contributed by atoms with E-state index in [0.29, 0.717) is 16.8 Å². The van der Waals surface area contributed by atoms with Gasteiger partial charge < -0.3 is 9.72 Å². The van der Waals surface area contributed by atoms with Crippen molar-refractivity contribution in [2.45, 2.75) is 52.6 Å². The minimum absolute atomic E-state index is 0.137. The molecule has 1 N–H and O–H groups in total. The van der Waals surface area contributed by atoms with Crippen molar-refractivity contribution in [1.29, 1.82) is 0 Å². The lowest BCUT2D eigenvalue weighted by Gasteiger charge is -2.24. The zero-order chi connectivity index (χ0) is 23.5. The lowest BCUT2D eigenvalue weighted by atomic mass is 10.1. The topological polar surface area (TPSA) is 79.5 Å². The largest absolute Gasteiger partial charge is 0.461 e. The average molecular weight is 455 g/mol. The normalized spacial score (nSPS) is 11.7. The fourth-order valence-corrected chi connectivity index (χ4v) is 5.34. The summed E-state index contributed by atoms with van der Waals surface area (Å²) in [5.41, 5.74) is 5.29. The molecule has 0 aliphatic heterocycles. The van der Waals surface area contributed by atoms with Gasteiger partial charge in [-0.1, -0.05) is 48.0 Å². The van der Waals surface area contributed by atoms with Crippen LogP contribution in [-0.4, -0.2) is 30.3 Å². The molecule has 0 unspecified atom stereocenters. The molecule has 0 spiro atoms. The quantitative estimate of drug-likeness (QED) is 0.495. The van der Waals surface area contributed by atoms with Crippen LogP contribution in [0.2, 0.25) is 0 Å². The van der Waals surface area contributed by atoms with Crippen LogP contribution in [0.15, 0.2) is 53.4 Å². The van der Waals surface area contributed by atoms with Crippen LogP contribution in [-0.2, 0) is 27.8 Å². The van der Waals surface area contributed by atoms with E-state index in [9.17, 15) is 13.2 Å². The molecule has 0 aliphatic carbocycles. The number of nitrogens with one attached hydrogen (secondary N) is 1. The summed E-state index contributed by atoms with van der Waals surface area (Å²) >= 11 is 0. The Hall–Kier alpha value is -2.90. The molecule has 0 amide bonds. The number of hydrogen-bond donors (Lipinski definition) is 1. The first kappa shape index (κ1) is 23.8. The van der Waals surface area contributed by atoms with Crippen LogP contribution in [0.5, 0.6) is 0 Å². The molecular weight excluding hydrogens is 424 g/mol. The van der Waals surface area contributed by atoms with Crippen LogP contribution in [0, 0.1) is 27.7 Å². The van der Waals surface area contributed by atoms with Crippen molar-refractivity contribution < 1.29 is 17.9 Å². The minimum Gasteiger partial charge on any atom is -0.461 e. The highest BCUT2D eigenvalue weighted by Crippen LogP contribution is 2.27. The van der Waals surface area contributed by atoms with E-state index in [-0.39, 0.29) is 24.6 Å². The maximum absolute atomic E-state index is 13.7. The van der Waals surface area contributed by atoms with Crippen molar-refractivity contribution in [3.8, 4) is 0 Å². The number of carbonyl (C=O) groups excluding carboxylic acids is 1. The second-order valence-corrected chi connectivity index (χ2v) is 9.88. The van der Waals surface area contributed by atoms with Crippen LogP contribution < -0.4 is 0 Å². The number of nitrogens with zero attached hydrogens (tertiary/aromatic N) is 1. The summed E-state index contributed by atoms with van der Waals surface area (Å²) in [6.07, 6.45) is 0. The van der Waals surface area contributed by atoms with E-state index >= 15 is 0 Å². The third-order valence-electron chi connectivity index (χ3n) is 5.60. The highest BCUT2D eigenvalue weighted by Gasteiger charge is 2.29. The first-order chi connectivity index (χ1) is 15.1. The number of ether oxygens (including phenoxy) is 1. The Kier molecular flexibility index (Phi) is 7.21. The fourth-order valence-electron chi connectivity index (χ4n) is 3.72. The highest BCUT2D eigenvalue weighted by molar-refractivity contribution is 7.89. The van der Waals surface area contributed by atoms with Crippen molar-refractivity contribution in [2.24, 2.45) is 0 Å². The van der Waals surface area contributed by atoms with Gasteiger partial charge in [0, 0.05) is 18.8 Å². The second kappa shape index (κ2) is 9.71. The number of aryl methyl sites for hydroxylation is 3. The number of carbonyl (C=O) groups is 1. The van der Waals surface area contributed by atoms with Gasteiger partial charge in [0.05, 0.1) is 11.5 Å². The maximum atomic E-state index is 13.7. The summed E-state index contributed by atoms with van der Waals surface area (Å²) in [5.74, 6) is -0.439. The number of hydrogen-bond acceptors (Lipinski definition) is 4. The van der Waals surface area contributed by atoms with Gasteiger partial charge in [0.25, 0.3) is 0 Å². The van der Waals surface area contributed by atoms with Crippen LogP contribution in [0.25, 0.3) is 0 Å². The predicted molar refractivity (Wildman–Crippen MR) is 125 cm³/mol. The summed E-state index contributed by atoms with van der Waals surface area (Å²) in [4.78, 5) is 15.7. The molecule has 7 heteroatoms. The van der Waals surface area contributed by atoms with Gasteiger partial charge >= 0.3 is 5.97 Å². The Labute approximate surface area is 190 Å². The summed E-state index contributed by atoms with van der Waals surface area (Å²) in [7, 11) is -3.79. The van der Waals surface area contributed by atoms with Crippen molar-refractivity contribution in [3.63, 3.8) is 0 Å². The Morgan fingerprint density at radius 1 is 0.969 bits per heavy atom. The van der Waals surface area contributed by atoms with E-state index in [0.717, 1.165) is 22.4 Å². The van der Waals surface area contributed by atoms with Gasteiger partial charge in [-0.25, -0.2) is 13.2 Å². The van der Waals surface area contributed by atoms with Crippen LogP contribution in [0.3, 0.4) is 0 Å². The molecule has 2 aromatic carbocycles. The number of sulfonamides is 1. The number of esters is 1. The molecule has 0 saturated carbocycles. The number of benzene rings is 2. The molecule has 3 rings (SSSR count). The van der Waals surface area contributed by atoms with Gasteiger partial charge in [-0.15, -0.1) is 0 Å². The van der Waals surface area contributed by atoms with Crippen molar-refractivity contribution >= 4 is 16.0 Å². The average Bonchev–Trinajstić information content (AvgIpc) is 3.03. The highest BCUT2D eigenvalue weighted by atomic mass is 32.2. The van der Waals surface area contributed by atoms with Crippen LogP contribution >= 0.6 is 0 Å². The van der Waals surface area contributed by atoms with Gasteiger partial charge in [0.1, 0.15) is 5.69 Å². The van der Waals surface area contributed by atoms with Crippen molar-refractivity contribution in [3.05, 3.63) is 87.7 Å². The molecule has 0 bridgehead atoms. The number of aromatic amines is 1. The van der Waals surface area contributed by atoms with Gasteiger partial charge in [0.15, 0.2) is 0 Å². The van der Waals surface area contributed by atoms with Gasteiger partial charge in [-0.2, -0.15) is 4.31 Å². The van der Waals surface area contributed by atoms with Crippen LogP contribution in [0.1, 0.15) is 50.9 Å². The summed E-state index contributed by atoms with van der Waals surface area (Å²) in [6, 6.07) is 14.8. The lowest BCUT2D eigenvalue weighted by Crippen LogP contribution is -2.31. The standard InChI is InChI=1S/C25H30N2O4S/c1-6-31-25(28)24-19(4)22(20(5)26-24)16-27(15-21-13-11-17(2)12-14-21)32(29,30)23-10-8-7-9-18(23)3/h7-14,26H,6,15-16H2,1-5H3. The Morgan fingerprint density at radius 3 is 2.25 bits per heavy atom. The number of aromatic nitrogens is 1. The van der Waals surface area contributed by atoms with E-state index in [1.807, 2.05) is 51.1 Å². The Morgan fingerprint density at radius 2 is 1.62 bits per heavy atom. The molecular formula is C25H30N2O4S. The lowest BCUT2D eigenvalue weighted by molar-refractivity contribution is 0.0519. The summed E-state index contributed by atoms with van der Waals surface area (Å²) < 4.78 is 34.0. The van der Waals surface area contributed by atoms with Crippen molar-refractivity contribution in [2.75, 3.05) is 6.61 Å². The smallest absolute Gasteiger partial charge is 0.355 e. The zero-order valence-electron chi connectivity index (χ0n) is 19.2. The summed E-state index contributed by atoms with van der Waals surface area (Å²) in [6.45, 7) is 9.82. The SMILES string of the molecule is CCOC(=O)c1[nH]c(C)c(CN(Cc2ccc(C)cc2)S(=O)(=O)c2ccccc2C)c1C. The molecule has 3 aromatic rings. The molecule has 0 radical (unpaired) electrons. The first-order valence-electron chi connectivity index (χ1n) is 10.6. The summed E-state index contributed by atoms with van der Waals surface area (Å²) in [5, 5.41) is 0. The van der Waals surface area contributed by atoms with Crippen molar-refractivity contribution in [1.82, 2.24) is 9.29 Å². The van der Waals surface area contributed by atoms with E-state index in [2.05, 4.69) is 4.98 Å². The van der Waals surface area contributed by atoms with Gasteiger partial charge in [0.2, 0.25) is 10.0 Å². The second-order valence-electron chi connectivity index (χ2n) is 7.97. The third kappa shape index (κ3) is 4.95. The monoisotopic (exact) mass is 454 g/mol. The molecule has 170 valence electrons. The van der Waals surface area contributed by atoms with E-state index in [1.54, 1.807) is 32.0 Å². The molecule has 6 nitrogen and oxygen atoms in total. The molecule has 1 heterocycles. The molecule has 0 atom stereocenters. The number of H-pyrrole nitrogens is 1. The van der Waals surface area contributed by atoms with Gasteiger partial charge in [-0.05, 0) is 62.9 Å². The van der Waals surface area contributed by atoms with E-state index < -0.39 is 16.0 Å². The maximum Gasteiger partial charge on any atom is 0.355 e. The van der Waals surface area contributed by atoms with E-state index in [4.69, 9.17) is 4.74 Å². The zero-order valence-corrected chi connectivity index (χ0v) is 20.0. The van der Waals surface area contributed by atoms with Crippen LogP contribution in [0.4, 0.5) is 0 Å². The van der Waals surface area contributed by atoms with E-state index in [1.165, 1.54) is 4.31 Å². The Balaban J connectivity index is 2.05. The fraction of sp³-hybridized carbons (Fsp3) is 0.320. The first-order valence-corrected chi connectivity index (χ1v) is 12.1. The molecule has 0 saturated heterocycles. The molecule has 0 fully saturated rings. The predicted octanol–water partition coefficient (Wildman–Crippen LogP) is 4.82.